The van der Waals surface area contributed by atoms with Gasteiger partial charge in [0.15, 0.2) is 22.5 Å². The topological polar surface area (TPSA) is 98.5 Å². The lowest BCUT2D eigenvalue weighted by atomic mass is 10.3. The molecule has 0 bridgehead atoms. The van der Waals surface area contributed by atoms with Crippen LogP contribution in [0.1, 0.15) is 5.69 Å². The average Bonchev–Trinajstić information content (AvgIpc) is 3.19. The lowest BCUT2D eigenvalue weighted by Crippen LogP contribution is -2.20. The van der Waals surface area contributed by atoms with Gasteiger partial charge in [-0.15, -0.1) is 10.2 Å². The van der Waals surface area contributed by atoms with Crippen molar-refractivity contribution < 1.29 is 13.9 Å². The van der Waals surface area contributed by atoms with Crippen molar-refractivity contribution in [2.24, 2.45) is 0 Å². The quantitative estimate of drug-likeness (QED) is 0.346. The zero-order valence-corrected chi connectivity index (χ0v) is 17.0. The average molecular weight is 443 g/mol. The Balaban J connectivity index is 1.32. The van der Waals surface area contributed by atoms with Gasteiger partial charge in [-0.2, -0.15) is 0 Å². The maximum absolute atomic E-state index is 13.5. The summed E-state index contributed by atoms with van der Waals surface area (Å²) in [5.74, 6) is -0.587. The summed E-state index contributed by atoms with van der Waals surface area (Å²) in [5, 5.41) is 10.8. The van der Waals surface area contributed by atoms with E-state index in [1.807, 2.05) is 6.07 Å². The van der Waals surface area contributed by atoms with E-state index in [1.165, 1.54) is 51.8 Å². The lowest BCUT2D eigenvalue weighted by molar-refractivity contribution is -0.118. The molecule has 0 atom stereocenters. The van der Waals surface area contributed by atoms with Gasteiger partial charge in [0, 0.05) is 18.0 Å². The second kappa shape index (κ2) is 9.01. The molecule has 0 saturated heterocycles. The minimum atomic E-state index is -0.540. The molecule has 3 aromatic heterocycles. The highest BCUT2D eigenvalue weighted by Crippen LogP contribution is 2.27. The molecule has 0 saturated carbocycles. The number of hydrogen-bond acceptors (Lipinski definition) is 8. The fourth-order valence-corrected chi connectivity index (χ4v) is 4.15. The molecule has 11 heteroatoms. The number of para-hydroxylation sites is 1. The van der Waals surface area contributed by atoms with Gasteiger partial charge in [-0.25, -0.2) is 9.37 Å². The highest BCUT2D eigenvalue weighted by atomic mass is 32.2. The minimum absolute atomic E-state index is 0.0000471. The second-order valence-corrected chi connectivity index (χ2v) is 8.14. The zero-order chi connectivity index (χ0) is 20.9. The standard InChI is InChI=1S/C19H14FN5O3S2/c20-13-5-1-2-6-14(13)28-10-16(26)22-18-23-24-19(30-18)29-11-12-9-17(27)25-8-4-3-7-15(25)21-12/h1-9H,10-11H2,(H,22,23,26). The number of carbonyl (C=O) groups is 1. The minimum Gasteiger partial charge on any atom is -0.481 e. The van der Waals surface area contributed by atoms with Gasteiger partial charge < -0.3 is 4.74 Å². The molecule has 30 heavy (non-hydrogen) atoms. The van der Waals surface area contributed by atoms with Crippen molar-refractivity contribution in [1.82, 2.24) is 19.6 Å². The summed E-state index contributed by atoms with van der Waals surface area (Å²) < 4.78 is 20.7. The largest absolute Gasteiger partial charge is 0.481 e. The number of nitrogens with one attached hydrogen (secondary N) is 1. The van der Waals surface area contributed by atoms with E-state index in [9.17, 15) is 14.0 Å². The molecule has 0 aliphatic carbocycles. The van der Waals surface area contributed by atoms with E-state index in [4.69, 9.17) is 4.74 Å². The molecule has 0 radical (unpaired) electrons. The molecule has 0 aliphatic rings. The van der Waals surface area contributed by atoms with Gasteiger partial charge in [0.1, 0.15) is 5.65 Å². The van der Waals surface area contributed by atoms with Crippen LogP contribution >= 0.6 is 23.1 Å². The van der Waals surface area contributed by atoms with Crippen LogP contribution < -0.4 is 15.6 Å². The van der Waals surface area contributed by atoms with Crippen molar-refractivity contribution in [3.8, 4) is 5.75 Å². The van der Waals surface area contributed by atoms with Gasteiger partial charge in [-0.1, -0.05) is 41.3 Å². The predicted octanol–water partition coefficient (Wildman–Crippen LogP) is 2.99. The monoisotopic (exact) mass is 443 g/mol. The number of carbonyl (C=O) groups excluding carboxylic acids is 1. The van der Waals surface area contributed by atoms with E-state index in [2.05, 4.69) is 20.5 Å². The third kappa shape index (κ3) is 4.81. The maximum atomic E-state index is 13.5. The molecule has 0 aliphatic heterocycles. The molecular weight excluding hydrogens is 429 g/mol. The molecule has 0 unspecified atom stereocenters. The number of halogens is 1. The van der Waals surface area contributed by atoms with Crippen molar-refractivity contribution in [2.45, 2.75) is 10.1 Å². The molecule has 3 heterocycles. The highest BCUT2D eigenvalue weighted by molar-refractivity contribution is 8.00. The van der Waals surface area contributed by atoms with Crippen molar-refractivity contribution in [3.63, 3.8) is 0 Å². The maximum Gasteiger partial charge on any atom is 0.264 e. The first-order valence-corrected chi connectivity index (χ1v) is 10.5. The number of ether oxygens (including phenoxy) is 1. The van der Waals surface area contributed by atoms with Gasteiger partial charge in [0.05, 0.1) is 5.69 Å². The van der Waals surface area contributed by atoms with Gasteiger partial charge in [-0.3, -0.25) is 19.3 Å². The van der Waals surface area contributed by atoms with Crippen molar-refractivity contribution in [3.05, 3.63) is 76.6 Å². The summed E-state index contributed by atoms with van der Waals surface area (Å²) in [6, 6.07) is 12.7. The smallest absolute Gasteiger partial charge is 0.264 e. The number of benzene rings is 1. The summed E-state index contributed by atoms with van der Waals surface area (Å²) in [6.45, 7) is -0.353. The summed E-state index contributed by atoms with van der Waals surface area (Å²) >= 11 is 2.53. The van der Waals surface area contributed by atoms with Gasteiger partial charge in [0.2, 0.25) is 5.13 Å². The van der Waals surface area contributed by atoms with Crippen molar-refractivity contribution in [1.29, 1.82) is 0 Å². The Kier molecular flexibility index (Phi) is 6.00. The molecule has 4 rings (SSSR count). The van der Waals surface area contributed by atoms with Crippen LogP contribution in [0.3, 0.4) is 0 Å². The molecule has 0 fully saturated rings. The number of aromatic nitrogens is 4. The Morgan fingerprint density at radius 3 is 2.90 bits per heavy atom. The number of fused-ring (bicyclic) bond motifs is 1. The van der Waals surface area contributed by atoms with E-state index < -0.39 is 11.7 Å². The van der Waals surface area contributed by atoms with Crippen LogP contribution in [-0.2, 0) is 10.5 Å². The van der Waals surface area contributed by atoms with E-state index in [0.717, 1.165) is 0 Å². The van der Waals surface area contributed by atoms with Crippen molar-refractivity contribution in [2.75, 3.05) is 11.9 Å². The second-order valence-electron chi connectivity index (χ2n) is 5.94. The van der Waals surface area contributed by atoms with E-state index in [-0.39, 0.29) is 17.9 Å². The van der Waals surface area contributed by atoms with E-state index >= 15 is 0 Å². The molecule has 152 valence electrons. The molecule has 4 aromatic rings. The lowest BCUT2D eigenvalue weighted by Gasteiger charge is -2.05. The Hall–Kier alpha value is -3.31. The summed E-state index contributed by atoms with van der Waals surface area (Å²) in [7, 11) is 0. The molecule has 1 amide bonds. The molecule has 0 spiro atoms. The summed E-state index contributed by atoms with van der Waals surface area (Å²) in [5.41, 5.74) is 1.03. The normalized spacial score (nSPS) is 10.8. The molecular formula is C19H14FN5O3S2. The third-order valence-corrected chi connectivity index (χ3v) is 5.82. The number of amides is 1. The van der Waals surface area contributed by atoms with Crippen LogP contribution in [0.2, 0.25) is 0 Å². The highest BCUT2D eigenvalue weighted by Gasteiger charge is 2.11. The third-order valence-electron chi connectivity index (χ3n) is 3.82. The number of pyridine rings is 1. The Morgan fingerprint density at radius 1 is 1.20 bits per heavy atom. The Bertz CT molecular complexity index is 1260. The Morgan fingerprint density at radius 2 is 2.03 bits per heavy atom. The zero-order valence-electron chi connectivity index (χ0n) is 15.3. The number of anilines is 1. The van der Waals surface area contributed by atoms with E-state index in [1.54, 1.807) is 24.4 Å². The Labute approximate surface area is 177 Å². The number of rotatable bonds is 7. The fourth-order valence-electron chi connectivity index (χ4n) is 2.49. The van der Waals surface area contributed by atoms with Gasteiger partial charge in [0.25, 0.3) is 11.5 Å². The number of nitrogens with zero attached hydrogens (tertiary/aromatic N) is 4. The summed E-state index contributed by atoms with van der Waals surface area (Å²) in [6.07, 6.45) is 1.66. The van der Waals surface area contributed by atoms with Crippen molar-refractivity contribution >= 4 is 39.8 Å². The van der Waals surface area contributed by atoms with Crippen LogP contribution in [0.25, 0.3) is 5.65 Å². The van der Waals surface area contributed by atoms with Crippen LogP contribution in [0.4, 0.5) is 9.52 Å². The molecule has 1 aromatic carbocycles. The first kappa shape index (κ1) is 20.0. The predicted molar refractivity (Wildman–Crippen MR) is 111 cm³/mol. The van der Waals surface area contributed by atoms with Gasteiger partial charge >= 0.3 is 0 Å². The summed E-state index contributed by atoms with van der Waals surface area (Å²) in [4.78, 5) is 28.5. The van der Waals surface area contributed by atoms with Crippen LogP contribution in [0.15, 0.2) is 63.9 Å². The molecule has 1 N–H and O–H groups in total. The van der Waals surface area contributed by atoms with Gasteiger partial charge in [-0.05, 0) is 24.3 Å². The van der Waals surface area contributed by atoms with Crippen LogP contribution in [0, 0.1) is 5.82 Å². The molecule has 8 nitrogen and oxygen atoms in total. The first-order valence-electron chi connectivity index (χ1n) is 8.69. The van der Waals surface area contributed by atoms with Crippen LogP contribution in [-0.4, -0.2) is 32.1 Å². The number of thioether (sulfide) groups is 1. The number of hydrogen-bond donors (Lipinski definition) is 1. The van der Waals surface area contributed by atoms with E-state index in [0.29, 0.717) is 26.6 Å². The van der Waals surface area contributed by atoms with Crippen LogP contribution in [0.5, 0.6) is 5.75 Å². The SMILES string of the molecule is O=C(COc1ccccc1F)Nc1nnc(SCc2cc(=O)n3ccccc3n2)s1. The fraction of sp³-hybridized carbons (Fsp3) is 0.105. The first-order chi connectivity index (χ1) is 14.6.